The smallest absolute Gasteiger partial charge is 0.264 e. The highest BCUT2D eigenvalue weighted by atomic mass is 35.5. The van der Waals surface area contributed by atoms with Crippen LogP contribution in [0.25, 0.3) is 0 Å². The fourth-order valence-electron chi connectivity index (χ4n) is 7.93. The third-order valence-corrected chi connectivity index (χ3v) is 11.9. The van der Waals surface area contributed by atoms with Gasteiger partial charge in [0.05, 0.1) is 29.3 Å². The number of carbonyl (C=O) groups is 1. The number of sulfonamides is 1. The van der Waals surface area contributed by atoms with Crippen molar-refractivity contribution in [2.24, 2.45) is 17.8 Å². The van der Waals surface area contributed by atoms with Crippen molar-refractivity contribution in [3.63, 3.8) is 0 Å². The first-order valence-electron chi connectivity index (χ1n) is 15.8. The number of methoxy groups -OCH3 is 1. The second-order valence-corrected chi connectivity index (χ2v) is 15.6. The van der Waals surface area contributed by atoms with Crippen molar-refractivity contribution >= 4 is 33.2 Å². The van der Waals surface area contributed by atoms with Crippen LogP contribution in [-0.4, -0.2) is 71.8 Å². The summed E-state index contributed by atoms with van der Waals surface area (Å²) in [5.41, 5.74) is 3.01. The predicted molar refractivity (Wildman–Crippen MR) is 173 cm³/mol. The third-order valence-electron chi connectivity index (χ3n) is 10.3. The Morgan fingerprint density at radius 1 is 1.16 bits per heavy atom. The number of halogens is 1. The van der Waals surface area contributed by atoms with E-state index in [9.17, 15) is 13.2 Å². The molecule has 1 N–H and O–H groups in total. The van der Waals surface area contributed by atoms with Crippen LogP contribution in [0.5, 0.6) is 5.75 Å². The van der Waals surface area contributed by atoms with E-state index in [1.165, 1.54) is 11.1 Å². The molecule has 5 atom stereocenters. The van der Waals surface area contributed by atoms with Crippen LogP contribution in [0.1, 0.15) is 50.7 Å². The number of likely N-dealkylation sites (N-methyl/N-ethyl adjacent to an activating group) is 1. The summed E-state index contributed by atoms with van der Waals surface area (Å²) in [6, 6.07) is 10.6. The first kappa shape index (κ1) is 31.4. The first-order valence-corrected chi connectivity index (χ1v) is 17.6. The van der Waals surface area contributed by atoms with E-state index in [0.717, 1.165) is 49.4 Å². The topological polar surface area (TPSA) is 88.2 Å². The lowest BCUT2D eigenvalue weighted by molar-refractivity contribution is -0.125. The van der Waals surface area contributed by atoms with Crippen LogP contribution in [0.4, 0.5) is 5.69 Å². The van der Waals surface area contributed by atoms with Crippen LogP contribution in [0.2, 0.25) is 5.02 Å². The molecule has 1 unspecified atom stereocenters. The molecule has 44 heavy (non-hydrogen) atoms. The molecule has 1 amide bonds. The Hall–Kier alpha value is -2.59. The van der Waals surface area contributed by atoms with Crippen LogP contribution >= 0.6 is 11.6 Å². The zero-order chi connectivity index (χ0) is 31.2. The van der Waals surface area contributed by atoms with Gasteiger partial charge in [-0.15, -0.1) is 0 Å². The summed E-state index contributed by atoms with van der Waals surface area (Å²) in [6.45, 7) is 6.30. The Morgan fingerprint density at radius 3 is 2.70 bits per heavy atom. The van der Waals surface area contributed by atoms with E-state index < -0.39 is 22.0 Å². The Kier molecular flexibility index (Phi) is 8.78. The van der Waals surface area contributed by atoms with Crippen molar-refractivity contribution in [3.8, 4) is 5.75 Å². The average molecular weight is 642 g/mol. The van der Waals surface area contributed by atoms with E-state index in [2.05, 4.69) is 27.8 Å². The molecule has 2 aliphatic carbocycles. The predicted octanol–water partition coefficient (Wildman–Crippen LogP) is 5.19. The lowest BCUT2D eigenvalue weighted by Gasteiger charge is -2.46. The van der Waals surface area contributed by atoms with Gasteiger partial charge in [0, 0.05) is 37.2 Å². The van der Waals surface area contributed by atoms with Crippen LogP contribution in [-0.2, 0) is 31.4 Å². The second-order valence-electron chi connectivity index (χ2n) is 13.5. The number of rotatable bonds is 2. The second kappa shape index (κ2) is 12.3. The summed E-state index contributed by atoms with van der Waals surface area (Å²) in [6.07, 6.45) is 9.24. The van der Waals surface area contributed by atoms with Gasteiger partial charge in [-0.3, -0.25) is 9.69 Å². The van der Waals surface area contributed by atoms with Gasteiger partial charge in [0.2, 0.25) is 0 Å². The monoisotopic (exact) mass is 641 g/mol. The molecular formula is C34H44ClN3O5S. The Bertz CT molecular complexity index is 1550. The summed E-state index contributed by atoms with van der Waals surface area (Å²) < 4.78 is 42.4. The van der Waals surface area contributed by atoms with Gasteiger partial charge in [-0.2, -0.15) is 0 Å². The number of fused-ring (bicyclic) bond motifs is 4. The van der Waals surface area contributed by atoms with Crippen LogP contribution in [0.3, 0.4) is 0 Å². The fourth-order valence-corrected chi connectivity index (χ4v) is 9.14. The van der Waals surface area contributed by atoms with Crippen LogP contribution in [0.15, 0.2) is 53.4 Å². The number of anilines is 1. The Morgan fingerprint density at radius 2 is 1.98 bits per heavy atom. The summed E-state index contributed by atoms with van der Waals surface area (Å²) in [7, 11) is -0.517. The highest BCUT2D eigenvalue weighted by molar-refractivity contribution is 7.90. The maximum Gasteiger partial charge on any atom is 0.264 e. The van der Waals surface area contributed by atoms with E-state index in [1.54, 1.807) is 25.3 Å². The molecule has 1 saturated carbocycles. The number of nitrogens with zero attached hydrogens (tertiary/aromatic N) is 2. The number of nitrogens with one attached hydrogen (secondary N) is 1. The van der Waals surface area contributed by atoms with Gasteiger partial charge in [-0.05, 0) is 98.4 Å². The normalized spacial score (nSPS) is 31.2. The van der Waals surface area contributed by atoms with Crippen molar-refractivity contribution in [1.29, 1.82) is 0 Å². The molecule has 1 spiro atoms. The standard InChI is InChI=1S/C34H44ClN3O5S/c1-22(2)32-33(39)36-44(40,41)26-11-14-31-29(18-26)38(19-24-9-12-27(24)30(42-4)8-6-16-37(32)3)20-34(21-43-31)15-5-7-23-17-25(35)10-13-28(23)34/h6,8,10-11,13-14,17-18,22,24,27,30,32H,5,7,9,12,15-16,19-21H2,1-4H3,(H,36,39)/b8-6+/t24-,27+,30+,32?,34-/m0/s1. The van der Waals surface area contributed by atoms with Gasteiger partial charge < -0.3 is 14.4 Å². The quantitative estimate of drug-likeness (QED) is 0.452. The SMILES string of the molecule is CO[C@@H]1/C=C/CN(C)C(C(C)C)C(=O)NS(=O)(=O)c2ccc3c(c2)N(C[C@@H]2CC[C@H]21)C[C@@]1(CCCc2cc(Cl)ccc21)CO3. The number of aryl methyl sites for hydroxylation is 1. The lowest BCUT2D eigenvalue weighted by Crippen LogP contribution is -2.50. The van der Waals surface area contributed by atoms with Crippen molar-refractivity contribution in [3.05, 3.63) is 64.7 Å². The van der Waals surface area contributed by atoms with Crippen molar-refractivity contribution < 1.29 is 22.7 Å². The van der Waals surface area contributed by atoms with Gasteiger partial charge in [0.1, 0.15) is 5.75 Å². The zero-order valence-electron chi connectivity index (χ0n) is 26.1. The first-order chi connectivity index (χ1) is 21.0. The maximum absolute atomic E-state index is 13.7. The maximum atomic E-state index is 13.7. The summed E-state index contributed by atoms with van der Waals surface area (Å²) in [5, 5.41) is 0.738. The molecular weight excluding hydrogens is 598 g/mol. The molecule has 2 aromatic carbocycles. The largest absolute Gasteiger partial charge is 0.490 e. The molecule has 8 nitrogen and oxygen atoms in total. The third kappa shape index (κ3) is 5.88. The Balaban J connectivity index is 1.44. The van der Waals surface area contributed by atoms with Gasteiger partial charge in [-0.25, -0.2) is 13.1 Å². The van der Waals surface area contributed by atoms with Gasteiger partial charge in [0.15, 0.2) is 0 Å². The number of benzene rings is 2. The minimum atomic E-state index is -4.13. The molecule has 2 bridgehead atoms. The summed E-state index contributed by atoms with van der Waals surface area (Å²) in [5.74, 6) is 0.733. The zero-order valence-corrected chi connectivity index (χ0v) is 27.7. The Labute approximate surface area is 266 Å². The van der Waals surface area contributed by atoms with E-state index >= 15 is 0 Å². The molecule has 2 heterocycles. The number of hydrogen-bond donors (Lipinski definition) is 1. The number of ether oxygens (including phenoxy) is 2. The van der Waals surface area contributed by atoms with Crippen molar-refractivity contribution in [2.45, 2.75) is 68.4 Å². The molecule has 0 aromatic heterocycles. The van der Waals surface area contributed by atoms with Crippen molar-refractivity contribution in [1.82, 2.24) is 9.62 Å². The minimum Gasteiger partial charge on any atom is -0.490 e. The number of carbonyl (C=O) groups excluding carboxylic acids is 1. The lowest BCUT2D eigenvalue weighted by atomic mass is 9.68. The van der Waals surface area contributed by atoms with E-state index in [4.69, 9.17) is 21.1 Å². The highest BCUT2D eigenvalue weighted by Crippen LogP contribution is 2.47. The highest BCUT2D eigenvalue weighted by Gasteiger charge is 2.44. The van der Waals surface area contributed by atoms with Crippen molar-refractivity contribution in [2.75, 3.05) is 45.3 Å². The van der Waals surface area contributed by atoms with E-state index in [-0.39, 0.29) is 22.3 Å². The molecule has 2 aliphatic heterocycles. The van der Waals surface area contributed by atoms with Gasteiger partial charge in [0.25, 0.3) is 15.9 Å². The summed E-state index contributed by atoms with van der Waals surface area (Å²) >= 11 is 6.41. The molecule has 4 aliphatic rings. The number of hydrogen-bond acceptors (Lipinski definition) is 7. The van der Waals surface area contributed by atoms with E-state index in [1.807, 2.05) is 37.9 Å². The summed E-state index contributed by atoms with van der Waals surface area (Å²) in [4.78, 5) is 17.8. The number of amides is 1. The van der Waals surface area contributed by atoms with E-state index in [0.29, 0.717) is 37.3 Å². The molecule has 238 valence electrons. The fraction of sp³-hybridized carbons (Fsp3) is 0.559. The average Bonchev–Trinajstić information content (AvgIpc) is 3.10. The molecule has 0 radical (unpaired) electrons. The molecule has 0 saturated heterocycles. The van der Waals surface area contributed by atoms with Crippen LogP contribution < -0.4 is 14.4 Å². The van der Waals surface area contributed by atoms with Crippen LogP contribution in [0, 0.1) is 17.8 Å². The van der Waals surface area contributed by atoms with Gasteiger partial charge >= 0.3 is 0 Å². The van der Waals surface area contributed by atoms with Gasteiger partial charge in [-0.1, -0.05) is 43.7 Å². The molecule has 10 heteroatoms. The molecule has 1 fully saturated rings. The molecule has 2 aromatic rings. The molecule has 6 rings (SSSR count). The minimum absolute atomic E-state index is 0.0395.